The summed E-state index contributed by atoms with van der Waals surface area (Å²) in [5, 5.41) is 0.106. The van der Waals surface area contributed by atoms with Crippen molar-refractivity contribution in [1.82, 2.24) is 9.80 Å². The molecule has 1 saturated carbocycles. The molecule has 3 rings (SSSR count). The van der Waals surface area contributed by atoms with Crippen molar-refractivity contribution < 1.29 is 14.0 Å². The van der Waals surface area contributed by atoms with Gasteiger partial charge in [0.15, 0.2) is 0 Å². The van der Waals surface area contributed by atoms with Crippen LogP contribution in [0.2, 0.25) is 5.02 Å². The monoisotopic (exact) mass is 417 g/mol. The van der Waals surface area contributed by atoms with Crippen LogP contribution in [0.4, 0.5) is 4.39 Å². The lowest BCUT2D eigenvalue weighted by atomic mass is 9.74. The zero-order chi connectivity index (χ0) is 18.9. The SMILES string of the molecule is CC1(N)CCCCC1C(=O)N1CCN(C(=O)c2c(F)cccc2Cl)CC1.Cl. The van der Waals surface area contributed by atoms with Gasteiger partial charge >= 0.3 is 0 Å². The number of benzene rings is 1. The van der Waals surface area contributed by atoms with E-state index < -0.39 is 17.3 Å². The number of amides is 2. The number of rotatable bonds is 2. The Morgan fingerprint density at radius 3 is 2.41 bits per heavy atom. The first kappa shape index (κ1) is 21.9. The summed E-state index contributed by atoms with van der Waals surface area (Å²) in [5.74, 6) is -1.14. The number of carbonyl (C=O) groups excluding carboxylic acids is 2. The van der Waals surface area contributed by atoms with Crippen molar-refractivity contribution in [3.8, 4) is 0 Å². The molecule has 5 nitrogen and oxygen atoms in total. The van der Waals surface area contributed by atoms with Crippen LogP contribution in [0.5, 0.6) is 0 Å². The summed E-state index contributed by atoms with van der Waals surface area (Å²) in [5.41, 5.74) is 5.78. The van der Waals surface area contributed by atoms with Crippen molar-refractivity contribution in [3.05, 3.63) is 34.6 Å². The van der Waals surface area contributed by atoms with Gasteiger partial charge in [0.2, 0.25) is 5.91 Å². The van der Waals surface area contributed by atoms with E-state index in [1.807, 2.05) is 6.92 Å². The Balaban J connectivity index is 0.00000261. The van der Waals surface area contributed by atoms with Gasteiger partial charge in [-0.2, -0.15) is 0 Å². The van der Waals surface area contributed by atoms with Crippen LogP contribution in [0, 0.1) is 11.7 Å². The molecule has 1 aliphatic carbocycles. The third-order valence-electron chi connectivity index (χ3n) is 5.61. The molecule has 2 aliphatic rings. The largest absolute Gasteiger partial charge is 0.339 e. The van der Waals surface area contributed by atoms with Gasteiger partial charge in [0.1, 0.15) is 5.82 Å². The van der Waals surface area contributed by atoms with Gasteiger partial charge in [-0.25, -0.2) is 4.39 Å². The maximum absolute atomic E-state index is 14.0. The average molecular weight is 418 g/mol. The van der Waals surface area contributed by atoms with Crippen molar-refractivity contribution in [1.29, 1.82) is 0 Å². The first-order valence-electron chi connectivity index (χ1n) is 9.12. The van der Waals surface area contributed by atoms with Crippen LogP contribution >= 0.6 is 24.0 Å². The first-order chi connectivity index (χ1) is 12.3. The summed E-state index contributed by atoms with van der Waals surface area (Å²) in [6, 6.07) is 4.20. The average Bonchev–Trinajstić information content (AvgIpc) is 2.60. The van der Waals surface area contributed by atoms with Gasteiger partial charge in [0.05, 0.1) is 16.5 Å². The first-order valence-corrected chi connectivity index (χ1v) is 9.50. The lowest BCUT2D eigenvalue weighted by Crippen LogP contribution is -2.57. The number of nitrogens with two attached hydrogens (primary N) is 1. The number of hydrogen-bond donors (Lipinski definition) is 1. The summed E-state index contributed by atoms with van der Waals surface area (Å²) in [7, 11) is 0. The van der Waals surface area contributed by atoms with Crippen molar-refractivity contribution in [2.24, 2.45) is 11.7 Å². The molecule has 150 valence electrons. The minimum atomic E-state index is -0.623. The Labute approximate surface area is 170 Å². The third-order valence-corrected chi connectivity index (χ3v) is 5.92. The lowest BCUT2D eigenvalue weighted by Gasteiger charge is -2.42. The van der Waals surface area contributed by atoms with E-state index in [1.54, 1.807) is 9.80 Å². The summed E-state index contributed by atoms with van der Waals surface area (Å²) in [6.45, 7) is 3.55. The van der Waals surface area contributed by atoms with E-state index in [2.05, 4.69) is 0 Å². The number of piperazine rings is 1. The van der Waals surface area contributed by atoms with E-state index in [9.17, 15) is 14.0 Å². The van der Waals surface area contributed by atoms with Gasteiger partial charge in [0, 0.05) is 31.7 Å². The van der Waals surface area contributed by atoms with Gasteiger partial charge in [-0.15, -0.1) is 12.4 Å². The van der Waals surface area contributed by atoms with Gasteiger partial charge in [-0.05, 0) is 31.9 Å². The zero-order valence-corrected chi connectivity index (χ0v) is 17.0. The summed E-state index contributed by atoms with van der Waals surface area (Å²) in [4.78, 5) is 28.8. The molecule has 1 saturated heterocycles. The predicted octanol–water partition coefficient (Wildman–Crippen LogP) is 3.09. The molecule has 0 spiro atoms. The highest BCUT2D eigenvalue weighted by Crippen LogP contribution is 2.33. The van der Waals surface area contributed by atoms with Crippen LogP contribution in [-0.4, -0.2) is 53.3 Å². The van der Waals surface area contributed by atoms with E-state index in [0.29, 0.717) is 26.2 Å². The minimum Gasteiger partial charge on any atom is -0.339 e. The second-order valence-electron chi connectivity index (χ2n) is 7.52. The number of hydrogen-bond acceptors (Lipinski definition) is 3. The quantitative estimate of drug-likeness (QED) is 0.803. The molecule has 8 heteroatoms. The Kier molecular flexibility index (Phi) is 7.11. The highest BCUT2D eigenvalue weighted by molar-refractivity contribution is 6.33. The molecule has 2 atom stereocenters. The van der Waals surface area contributed by atoms with Crippen LogP contribution in [0.1, 0.15) is 43.0 Å². The highest BCUT2D eigenvalue weighted by atomic mass is 35.5. The summed E-state index contributed by atoms with van der Waals surface area (Å²) >= 11 is 5.99. The Bertz CT molecular complexity index is 686. The van der Waals surface area contributed by atoms with Crippen molar-refractivity contribution in [2.75, 3.05) is 26.2 Å². The summed E-state index contributed by atoms with van der Waals surface area (Å²) in [6.07, 6.45) is 3.75. The molecule has 2 amide bonds. The maximum Gasteiger partial charge on any atom is 0.258 e. The van der Waals surface area contributed by atoms with Crippen molar-refractivity contribution >= 4 is 35.8 Å². The van der Waals surface area contributed by atoms with Crippen LogP contribution in [-0.2, 0) is 4.79 Å². The molecule has 2 N–H and O–H groups in total. The van der Waals surface area contributed by atoms with Crippen LogP contribution in [0.25, 0.3) is 0 Å². The second kappa shape index (κ2) is 8.76. The maximum atomic E-state index is 14.0. The summed E-state index contributed by atoms with van der Waals surface area (Å²) < 4.78 is 14.0. The molecule has 27 heavy (non-hydrogen) atoms. The second-order valence-corrected chi connectivity index (χ2v) is 7.93. The fourth-order valence-corrected chi connectivity index (χ4v) is 4.22. The number of halogens is 3. The van der Waals surface area contributed by atoms with E-state index in [-0.39, 0.29) is 34.8 Å². The Morgan fingerprint density at radius 2 is 1.81 bits per heavy atom. The smallest absolute Gasteiger partial charge is 0.258 e. The van der Waals surface area contributed by atoms with E-state index in [4.69, 9.17) is 17.3 Å². The zero-order valence-electron chi connectivity index (χ0n) is 15.4. The Hall–Kier alpha value is -1.37. The van der Waals surface area contributed by atoms with Crippen molar-refractivity contribution in [2.45, 2.75) is 38.1 Å². The molecule has 1 heterocycles. The lowest BCUT2D eigenvalue weighted by molar-refractivity contribution is -0.140. The van der Waals surface area contributed by atoms with Crippen molar-refractivity contribution in [3.63, 3.8) is 0 Å². The molecular formula is C19H26Cl2FN3O2. The molecule has 1 aliphatic heterocycles. The predicted molar refractivity (Wildman–Crippen MR) is 106 cm³/mol. The highest BCUT2D eigenvalue weighted by Gasteiger charge is 2.40. The van der Waals surface area contributed by atoms with Crippen LogP contribution in [0.3, 0.4) is 0 Å². The molecule has 2 unspecified atom stereocenters. The van der Waals surface area contributed by atoms with Gasteiger partial charge < -0.3 is 15.5 Å². The molecular weight excluding hydrogens is 392 g/mol. The molecule has 0 aromatic heterocycles. The standard InChI is InChI=1S/C19H25ClFN3O2.ClH/c1-19(22)8-3-2-5-13(19)17(25)23-9-11-24(12-10-23)18(26)16-14(20)6-4-7-15(16)21;/h4,6-7,13H,2-3,5,8-12,22H2,1H3;1H. The number of carbonyl (C=O) groups is 2. The van der Waals surface area contributed by atoms with Gasteiger partial charge in [-0.3, -0.25) is 9.59 Å². The van der Waals surface area contributed by atoms with Crippen LogP contribution < -0.4 is 5.73 Å². The molecule has 1 aromatic carbocycles. The third kappa shape index (κ3) is 4.55. The molecule has 0 bridgehead atoms. The topological polar surface area (TPSA) is 66.6 Å². The fraction of sp³-hybridized carbons (Fsp3) is 0.579. The van der Waals surface area contributed by atoms with Gasteiger partial charge in [0.25, 0.3) is 5.91 Å². The fourth-order valence-electron chi connectivity index (χ4n) is 3.97. The normalized spacial score (nSPS) is 25.7. The Morgan fingerprint density at radius 1 is 1.19 bits per heavy atom. The van der Waals surface area contributed by atoms with Gasteiger partial charge in [-0.1, -0.05) is 30.5 Å². The number of nitrogens with zero attached hydrogens (tertiary/aromatic N) is 2. The van der Waals surface area contributed by atoms with E-state index >= 15 is 0 Å². The van der Waals surface area contributed by atoms with Crippen LogP contribution in [0.15, 0.2) is 18.2 Å². The van der Waals surface area contributed by atoms with E-state index in [0.717, 1.165) is 25.7 Å². The molecule has 1 aromatic rings. The molecule has 0 radical (unpaired) electrons. The van der Waals surface area contributed by atoms with E-state index in [1.165, 1.54) is 18.2 Å². The minimum absolute atomic E-state index is 0. The molecule has 2 fully saturated rings.